The molecule has 0 heterocycles. The number of amides is 2. The van der Waals surface area contributed by atoms with Gasteiger partial charge < -0.3 is 25.3 Å². The van der Waals surface area contributed by atoms with Crippen molar-refractivity contribution in [2.24, 2.45) is 0 Å². The number of benzene rings is 2. The summed E-state index contributed by atoms with van der Waals surface area (Å²) in [5, 5.41) is 16.3. The SMILES string of the molecule is COc1ccccc1NC(=O)N[C@H](CC(=O)[O-])c1ccc(C)cc1. The topological polar surface area (TPSA) is 90.5 Å². The second-order valence-corrected chi connectivity index (χ2v) is 5.34. The second-order valence-electron chi connectivity index (χ2n) is 5.34. The number of ether oxygens (including phenoxy) is 1. The van der Waals surface area contributed by atoms with Crippen LogP contribution in [0.5, 0.6) is 5.75 Å². The van der Waals surface area contributed by atoms with Crippen LogP contribution in [0.25, 0.3) is 0 Å². The smallest absolute Gasteiger partial charge is 0.319 e. The van der Waals surface area contributed by atoms with Crippen molar-refractivity contribution in [3.05, 3.63) is 59.7 Å². The van der Waals surface area contributed by atoms with Crippen molar-refractivity contribution in [3.63, 3.8) is 0 Å². The van der Waals surface area contributed by atoms with Gasteiger partial charge in [0.15, 0.2) is 0 Å². The van der Waals surface area contributed by atoms with E-state index in [1.807, 2.05) is 19.1 Å². The highest BCUT2D eigenvalue weighted by molar-refractivity contribution is 5.91. The van der Waals surface area contributed by atoms with Crippen LogP contribution in [-0.4, -0.2) is 19.1 Å². The summed E-state index contributed by atoms with van der Waals surface area (Å²) >= 11 is 0. The van der Waals surface area contributed by atoms with Gasteiger partial charge in [0.25, 0.3) is 0 Å². The molecule has 0 aliphatic carbocycles. The third-order valence-corrected chi connectivity index (χ3v) is 3.51. The first-order valence-electron chi connectivity index (χ1n) is 7.46. The average molecular weight is 327 g/mol. The monoisotopic (exact) mass is 327 g/mol. The summed E-state index contributed by atoms with van der Waals surface area (Å²) in [6.45, 7) is 1.93. The van der Waals surface area contributed by atoms with Crippen LogP contribution in [0.15, 0.2) is 48.5 Å². The molecule has 0 saturated carbocycles. The molecule has 2 amide bonds. The Labute approximate surface area is 140 Å². The Morgan fingerprint density at radius 1 is 1.12 bits per heavy atom. The number of para-hydroxylation sites is 2. The van der Waals surface area contributed by atoms with E-state index in [-0.39, 0.29) is 6.42 Å². The Kier molecular flexibility index (Phi) is 5.78. The van der Waals surface area contributed by atoms with Crippen molar-refractivity contribution >= 4 is 17.7 Å². The van der Waals surface area contributed by atoms with E-state index >= 15 is 0 Å². The number of rotatable bonds is 6. The summed E-state index contributed by atoms with van der Waals surface area (Å²) in [5.74, 6) is -0.724. The Bertz CT molecular complexity index is 713. The summed E-state index contributed by atoms with van der Waals surface area (Å²) in [7, 11) is 1.50. The van der Waals surface area contributed by atoms with E-state index in [9.17, 15) is 14.7 Å². The number of carboxylic acids is 1. The molecule has 2 aromatic rings. The molecule has 2 rings (SSSR count). The molecule has 24 heavy (non-hydrogen) atoms. The molecule has 6 nitrogen and oxygen atoms in total. The summed E-state index contributed by atoms with van der Waals surface area (Å²) in [5.41, 5.74) is 2.23. The predicted octanol–water partition coefficient (Wildman–Crippen LogP) is 2.01. The van der Waals surface area contributed by atoms with Gasteiger partial charge in [-0.15, -0.1) is 0 Å². The third kappa shape index (κ3) is 4.74. The van der Waals surface area contributed by atoms with E-state index in [4.69, 9.17) is 4.74 Å². The van der Waals surface area contributed by atoms with E-state index < -0.39 is 18.0 Å². The van der Waals surface area contributed by atoms with Crippen LogP contribution in [0.1, 0.15) is 23.6 Å². The summed E-state index contributed by atoms with van der Waals surface area (Å²) in [4.78, 5) is 23.2. The summed E-state index contributed by atoms with van der Waals surface area (Å²) in [6.07, 6.45) is -0.317. The number of urea groups is 1. The number of aryl methyl sites for hydroxylation is 1. The minimum atomic E-state index is -1.24. The minimum absolute atomic E-state index is 0.317. The first kappa shape index (κ1) is 17.3. The van der Waals surface area contributed by atoms with E-state index in [2.05, 4.69) is 10.6 Å². The molecule has 0 unspecified atom stereocenters. The van der Waals surface area contributed by atoms with Gasteiger partial charge in [-0.2, -0.15) is 0 Å². The van der Waals surface area contributed by atoms with Crippen LogP contribution < -0.4 is 20.5 Å². The number of hydrogen-bond donors (Lipinski definition) is 2. The molecule has 0 radical (unpaired) electrons. The van der Waals surface area contributed by atoms with Crippen molar-refractivity contribution in [1.29, 1.82) is 0 Å². The number of methoxy groups -OCH3 is 1. The molecule has 6 heteroatoms. The summed E-state index contributed by atoms with van der Waals surface area (Å²) < 4.78 is 5.17. The Hall–Kier alpha value is -3.02. The van der Waals surface area contributed by atoms with Crippen LogP contribution >= 0.6 is 0 Å². The zero-order chi connectivity index (χ0) is 17.5. The molecule has 1 atom stereocenters. The average Bonchev–Trinajstić information content (AvgIpc) is 2.55. The van der Waals surface area contributed by atoms with E-state index in [0.29, 0.717) is 17.0 Å². The molecular formula is C18H19N2O4-. The van der Waals surface area contributed by atoms with Crippen molar-refractivity contribution < 1.29 is 19.4 Å². The zero-order valence-electron chi connectivity index (χ0n) is 13.5. The molecule has 0 saturated heterocycles. The van der Waals surface area contributed by atoms with Gasteiger partial charge in [-0.3, -0.25) is 0 Å². The molecule has 2 aromatic carbocycles. The van der Waals surface area contributed by atoms with Crippen LogP contribution in [0.4, 0.5) is 10.5 Å². The number of anilines is 1. The van der Waals surface area contributed by atoms with Gasteiger partial charge in [-0.25, -0.2) is 4.79 Å². The quantitative estimate of drug-likeness (QED) is 0.849. The number of aliphatic carboxylic acids is 1. The standard InChI is InChI=1S/C18H20N2O4/c1-12-7-9-13(10-8-12)15(11-17(21)22)20-18(23)19-14-5-3-4-6-16(14)24-2/h3-10,15H,11H2,1-2H3,(H,21,22)(H2,19,20,23)/p-1/t15-/m1/s1. The lowest BCUT2D eigenvalue weighted by molar-refractivity contribution is -0.306. The highest BCUT2D eigenvalue weighted by Crippen LogP contribution is 2.23. The first-order valence-corrected chi connectivity index (χ1v) is 7.46. The minimum Gasteiger partial charge on any atom is -0.550 e. The van der Waals surface area contributed by atoms with Crippen molar-refractivity contribution in [3.8, 4) is 5.75 Å². The highest BCUT2D eigenvalue weighted by atomic mass is 16.5. The number of nitrogens with one attached hydrogen (secondary N) is 2. The van der Waals surface area contributed by atoms with Crippen molar-refractivity contribution in [2.75, 3.05) is 12.4 Å². The fraction of sp³-hybridized carbons (Fsp3) is 0.222. The molecule has 0 aromatic heterocycles. The molecule has 126 valence electrons. The van der Waals surface area contributed by atoms with Crippen LogP contribution in [0.3, 0.4) is 0 Å². The van der Waals surface area contributed by atoms with Gasteiger partial charge in [0.2, 0.25) is 0 Å². The van der Waals surface area contributed by atoms with Crippen molar-refractivity contribution in [1.82, 2.24) is 5.32 Å². The third-order valence-electron chi connectivity index (χ3n) is 3.51. The van der Waals surface area contributed by atoms with Gasteiger partial charge in [0.05, 0.1) is 18.8 Å². The van der Waals surface area contributed by atoms with E-state index in [0.717, 1.165) is 5.56 Å². The normalized spacial score (nSPS) is 11.4. The maximum absolute atomic E-state index is 12.2. The fourth-order valence-electron chi connectivity index (χ4n) is 2.28. The van der Waals surface area contributed by atoms with E-state index in [1.165, 1.54) is 7.11 Å². The maximum atomic E-state index is 12.2. The largest absolute Gasteiger partial charge is 0.550 e. The van der Waals surface area contributed by atoms with Crippen LogP contribution in [0, 0.1) is 6.92 Å². The summed E-state index contributed by atoms with van der Waals surface area (Å²) in [6, 6.07) is 13.0. The maximum Gasteiger partial charge on any atom is 0.319 e. The zero-order valence-corrected chi connectivity index (χ0v) is 13.5. The number of hydrogen-bond acceptors (Lipinski definition) is 4. The molecule has 0 fully saturated rings. The number of carbonyl (C=O) groups excluding carboxylic acids is 2. The van der Waals surface area contributed by atoms with Gasteiger partial charge in [0, 0.05) is 12.4 Å². The van der Waals surface area contributed by atoms with Crippen LogP contribution in [0.2, 0.25) is 0 Å². The Morgan fingerprint density at radius 3 is 2.42 bits per heavy atom. The van der Waals surface area contributed by atoms with Gasteiger partial charge in [-0.1, -0.05) is 42.0 Å². The second kappa shape index (κ2) is 8.01. The first-order chi connectivity index (χ1) is 11.5. The molecule has 0 spiro atoms. The Balaban J connectivity index is 2.12. The molecule has 0 bridgehead atoms. The van der Waals surface area contributed by atoms with Crippen molar-refractivity contribution in [2.45, 2.75) is 19.4 Å². The van der Waals surface area contributed by atoms with Gasteiger partial charge in [-0.05, 0) is 24.6 Å². The predicted molar refractivity (Wildman–Crippen MR) is 88.7 cm³/mol. The molecule has 0 aliphatic rings. The molecule has 2 N–H and O–H groups in total. The molecular weight excluding hydrogens is 308 g/mol. The fourth-order valence-corrected chi connectivity index (χ4v) is 2.28. The van der Waals surface area contributed by atoms with E-state index in [1.54, 1.807) is 36.4 Å². The lowest BCUT2D eigenvalue weighted by Crippen LogP contribution is -2.36. The number of carboxylic acid groups (broad SMARTS) is 1. The lowest BCUT2D eigenvalue weighted by atomic mass is 10.0. The number of carbonyl (C=O) groups is 2. The molecule has 0 aliphatic heterocycles. The van der Waals surface area contributed by atoms with Gasteiger partial charge in [0.1, 0.15) is 5.75 Å². The Morgan fingerprint density at radius 2 is 1.79 bits per heavy atom. The van der Waals surface area contributed by atoms with Gasteiger partial charge >= 0.3 is 6.03 Å². The highest BCUT2D eigenvalue weighted by Gasteiger charge is 2.16. The van der Waals surface area contributed by atoms with Crippen LogP contribution in [-0.2, 0) is 4.79 Å². The lowest BCUT2D eigenvalue weighted by Gasteiger charge is -2.20.